The number of rotatable bonds is 8. The van der Waals surface area contributed by atoms with Crippen molar-refractivity contribution in [2.75, 3.05) is 6.61 Å². The molecule has 1 heterocycles. The number of carbonyl (C=O) groups is 1. The van der Waals surface area contributed by atoms with Crippen molar-refractivity contribution in [3.05, 3.63) is 41.5 Å². The smallest absolute Gasteiger partial charge is 0.394 e. The van der Waals surface area contributed by atoms with Crippen LogP contribution in [0.5, 0.6) is 5.75 Å². The Balaban J connectivity index is 2.51. The van der Waals surface area contributed by atoms with Crippen LogP contribution in [-0.2, 0) is 17.6 Å². The third kappa shape index (κ3) is 5.28. The summed E-state index contributed by atoms with van der Waals surface area (Å²) >= 11 is 0. The average Bonchev–Trinajstić information content (AvgIpc) is 3.04. The third-order valence-electron chi connectivity index (χ3n) is 4.49. The highest BCUT2D eigenvalue weighted by Gasteiger charge is 2.47. The maximum atomic E-state index is 13.2. The molecule has 5 nitrogen and oxygen atoms in total. The van der Waals surface area contributed by atoms with Gasteiger partial charge in [0.1, 0.15) is 11.6 Å². The molecule has 0 fully saturated rings. The fourth-order valence-electron chi connectivity index (χ4n) is 2.85. The minimum Gasteiger partial charge on any atom is -0.461 e. The van der Waals surface area contributed by atoms with E-state index in [-0.39, 0.29) is 29.3 Å². The number of imidazole rings is 1. The van der Waals surface area contributed by atoms with Gasteiger partial charge in [-0.15, -0.1) is 0 Å². The number of benzene rings is 1. The van der Waals surface area contributed by atoms with Gasteiger partial charge in [0, 0.05) is 12.6 Å². The molecule has 166 valence electrons. The number of hydrogen-bond acceptors (Lipinski definition) is 4. The Bertz CT molecular complexity index is 891. The minimum atomic E-state index is -4.47. The lowest BCUT2D eigenvalue weighted by atomic mass is 9.85. The third-order valence-corrected chi connectivity index (χ3v) is 4.49. The van der Waals surface area contributed by atoms with Gasteiger partial charge in [-0.1, -0.05) is 26.8 Å². The number of esters is 1. The molecule has 0 bridgehead atoms. The van der Waals surface area contributed by atoms with Gasteiger partial charge < -0.3 is 9.47 Å². The Morgan fingerprint density at radius 2 is 1.87 bits per heavy atom. The second-order valence-electron chi connectivity index (χ2n) is 7.23. The molecule has 1 aromatic carbocycles. The molecule has 0 unspecified atom stereocenters. The van der Waals surface area contributed by atoms with E-state index in [0.717, 1.165) is 19.9 Å². The number of alkyl halides is 5. The van der Waals surface area contributed by atoms with E-state index in [1.807, 2.05) is 0 Å². The lowest BCUT2D eigenvalue weighted by molar-refractivity contribution is -0.211. The molecule has 0 amide bonds. The van der Waals surface area contributed by atoms with E-state index in [1.54, 1.807) is 13.8 Å². The van der Waals surface area contributed by atoms with Crippen molar-refractivity contribution in [3.8, 4) is 11.4 Å². The molecule has 30 heavy (non-hydrogen) atoms. The second kappa shape index (κ2) is 9.01. The highest BCUT2D eigenvalue weighted by molar-refractivity contribution is 5.87. The monoisotopic (exact) mass is 434 g/mol. The first kappa shape index (κ1) is 23.6. The molecule has 10 heteroatoms. The van der Waals surface area contributed by atoms with E-state index < -0.39 is 30.6 Å². The Morgan fingerprint density at radius 3 is 2.40 bits per heavy atom. The molecule has 2 aromatic rings. The van der Waals surface area contributed by atoms with Crippen LogP contribution in [0, 0.1) is 5.41 Å². The van der Waals surface area contributed by atoms with Crippen LogP contribution in [0.1, 0.15) is 49.6 Å². The van der Waals surface area contributed by atoms with Crippen LogP contribution in [0.4, 0.5) is 22.0 Å². The van der Waals surface area contributed by atoms with Crippen molar-refractivity contribution >= 4 is 5.97 Å². The van der Waals surface area contributed by atoms with Crippen LogP contribution in [0.15, 0.2) is 24.4 Å². The molecule has 0 aliphatic carbocycles. The molecule has 0 atom stereocenters. The Morgan fingerprint density at radius 1 is 1.20 bits per heavy atom. The van der Waals surface area contributed by atoms with Crippen molar-refractivity contribution in [2.45, 2.75) is 53.3 Å². The van der Waals surface area contributed by atoms with Gasteiger partial charge in [-0.2, -0.15) is 22.0 Å². The summed E-state index contributed by atoms with van der Waals surface area (Å²) in [6.45, 7) is 2.40. The molecule has 0 saturated carbocycles. The summed E-state index contributed by atoms with van der Waals surface area (Å²) in [6, 6.07) is 3.93. The van der Waals surface area contributed by atoms with Gasteiger partial charge in [-0.3, -0.25) is 4.57 Å². The predicted molar refractivity (Wildman–Crippen MR) is 99.1 cm³/mol. The molecule has 0 saturated heterocycles. The first-order valence-electron chi connectivity index (χ1n) is 9.29. The molecular weight excluding hydrogens is 411 g/mol. The van der Waals surface area contributed by atoms with Crippen molar-refractivity contribution in [2.24, 2.45) is 5.41 Å². The molecule has 0 radical (unpaired) electrons. The zero-order valence-corrected chi connectivity index (χ0v) is 17.0. The zero-order valence-electron chi connectivity index (χ0n) is 17.0. The normalized spacial score (nSPS) is 12.3. The summed E-state index contributed by atoms with van der Waals surface area (Å²) in [6.07, 6.45) is -3.21. The Kier molecular flexibility index (Phi) is 7.10. The first-order valence-corrected chi connectivity index (χ1v) is 9.29. The minimum absolute atomic E-state index is 0.0148. The summed E-state index contributed by atoms with van der Waals surface area (Å²) in [7, 11) is 0. The van der Waals surface area contributed by atoms with Crippen LogP contribution < -0.4 is 4.74 Å². The number of hydrogen-bond donors (Lipinski definition) is 0. The highest BCUT2D eigenvalue weighted by Crippen LogP contribution is 2.41. The maximum Gasteiger partial charge on any atom is 0.394 e. The van der Waals surface area contributed by atoms with Gasteiger partial charge in [0.15, 0.2) is 5.69 Å². The van der Waals surface area contributed by atoms with E-state index >= 15 is 0 Å². The van der Waals surface area contributed by atoms with Gasteiger partial charge in [0.05, 0.1) is 17.7 Å². The summed E-state index contributed by atoms with van der Waals surface area (Å²) in [5.41, 5.74) is -1.76. The van der Waals surface area contributed by atoms with Gasteiger partial charge in [-0.05, 0) is 31.0 Å². The lowest BCUT2D eigenvalue weighted by Gasteiger charge is -2.28. The van der Waals surface area contributed by atoms with Gasteiger partial charge >= 0.3 is 18.8 Å². The van der Waals surface area contributed by atoms with Crippen molar-refractivity contribution in [1.82, 2.24) is 9.55 Å². The van der Waals surface area contributed by atoms with E-state index in [0.29, 0.717) is 12.2 Å². The summed E-state index contributed by atoms with van der Waals surface area (Å²) < 4.78 is 76.5. The van der Waals surface area contributed by atoms with Gasteiger partial charge in [0.25, 0.3) is 0 Å². The van der Waals surface area contributed by atoms with E-state index in [4.69, 9.17) is 4.74 Å². The number of aryl methyl sites for hydroxylation is 1. The highest BCUT2D eigenvalue weighted by atomic mass is 19.4. The molecule has 0 spiro atoms. The Labute approximate surface area is 170 Å². The maximum absolute atomic E-state index is 13.2. The van der Waals surface area contributed by atoms with Crippen LogP contribution >= 0.6 is 0 Å². The molecule has 0 aliphatic heterocycles. The molecule has 2 rings (SSSR count). The second-order valence-corrected chi connectivity index (χ2v) is 7.23. The van der Waals surface area contributed by atoms with E-state index in [2.05, 4.69) is 9.72 Å². The first-order chi connectivity index (χ1) is 13.9. The quantitative estimate of drug-likeness (QED) is 0.416. The topological polar surface area (TPSA) is 53.4 Å². The van der Waals surface area contributed by atoms with Crippen molar-refractivity contribution in [3.63, 3.8) is 0 Å². The van der Waals surface area contributed by atoms with E-state index in [9.17, 15) is 26.7 Å². The number of ether oxygens (including phenoxy) is 2. The molecule has 1 aromatic heterocycles. The number of halogens is 5. The van der Waals surface area contributed by atoms with Crippen molar-refractivity contribution in [1.29, 1.82) is 0 Å². The SMILES string of the molecule is CCOC(=O)c1cn(-c2ccc(CC(C)(C)C(F)(F)F)cc2OC(F)F)c(CC)n1. The van der Waals surface area contributed by atoms with E-state index in [1.165, 1.54) is 22.9 Å². The number of nitrogens with zero attached hydrogens (tertiary/aromatic N) is 2. The molecular formula is C20H23F5N2O3. The molecule has 0 aliphatic rings. The molecule has 0 N–H and O–H groups in total. The van der Waals surface area contributed by atoms with Crippen LogP contribution in [0.2, 0.25) is 0 Å². The number of aromatic nitrogens is 2. The fourth-order valence-corrected chi connectivity index (χ4v) is 2.85. The van der Waals surface area contributed by atoms with Crippen molar-refractivity contribution < 1.29 is 36.2 Å². The summed E-state index contributed by atoms with van der Waals surface area (Å²) in [5, 5.41) is 0. The fraction of sp³-hybridized carbons (Fsp3) is 0.500. The van der Waals surface area contributed by atoms with Gasteiger partial charge in [-0.25, -0.2) is 9.78 Å². The van der Waals surface area contributed by atoms with Gasteiger partial charge in [0.2, 0.25) is 0 Å². The van der Waals surface area contributed by atoms with Crippen LogP contribution in [0.3, 0.4) is 0 Å². The standard InChI is InChI=1S/C20H23F5N2O3/c1-5-16-26-13(17(28)29-6-2)11-27(16)14-8-7-12(9-15(14)30-18(21)22)10-19(3,4)20(23,24)25/h7-9,11,18H,5-6,10H2,1-4H3. The Hall–Kier alpha value is -2.65. The van der Waals surface area contributed by atoms with Crippen LogP contribution in [-0.4, -0.2) is 34.9 Å². The summed E-state index contributed by atoms with van der Waals surface area (Å²) in [5.74, 6) is -0.616. The summed E-state index contributed by atoms with van der Waals surface area (Å²) in [4.78, 5) is 16.1. The van der Waals surface area contributed by atoms with Crippen LogP contribution in [0.25, 0.3) is 5.69 Å². The largest absolute Gasteiger partial charge is 0.461 e. The average molecular weight is 434 g/mol. The number of carbonyl (C=O) groups excluding carboxylic acids is 1. The predicted octanol–water partition coefficient (Wildman–Crippen LogP) is 5.34. The zero-order chi connectivity index (χ0) is 22.7. The lowest BCUT2D eigenvalue weighted by Crippen LogP contribution is -2.34.